The van der Waals surface area contributed by atoms with Gasteiger partial charge in [0.05, 0.1) is 16.2 Å². The van der Waals surface area contributed by atoms with Crippen LogP contribution in [0.25, 0.3) is 22.6 Å². The van der Waals surface area contributed by atoms with E-state index in [4.69, 9.17) is 0 Å². The Labute approximate surface area is 175 Å². The van der Waals surface area contributed by atoms with Crippen LogP contribution in [-0.4, -0.2) is 25.8 Å². The lowest BCUT2D eigenvalue weighted by molar-refractivity contribution is -0.385. The minimum Gasteiger partial charge on any atom is -0.298 e. The first kappa shape index (κ1) is 19.3. The van der Waals surface area contributed by atoms with E-state index in [2.05, 4.69) is 20.3 Å². The number of nitrogens with zero attached hydrogens (tertiary/aromatic N) is 4. The molecule has 0 radical (unpaired) electrons. The van der Waals surface area contributed by atoms with Crippen LogP contribution < -0.4 is 5.32 Å². The summed E-state index contributed by atoms with van der Waals surface area (Å²) in [5.41, 5.74) is 2.93. The Hall–Kier alpha value is -3.98. The van der Waals surface area contributed by atoms with Crippen molar-refractivity contribution in [2.24, 2.45) is 0 Å². The van der Waals surface area contributed by atoms with Gasteiger partial charge in [0.1, 0.15) is 0 Å². The summed E-state index contributed by atoms with van der Waals surface area (Å²) in [5.74, 6) is 0.148. The number of amides is 1. The van der Waals surface area contributed by atoms with Crippen LogP contribution in [0.4, 0.5) is 10.8 Å². The van der Waals surface area contributed by atoms with Gasteiger partial charge in [-0.1, -0.05) is 42.5 Å². The van der Waals surface area contributed by atoms with Gasteiger partial charge in [-0.25, -0.2) is 15.0 Å². The third-order valence-electron chi connectivity index (χ3n) is 4.37. The maximum Gasteiger partial charge on any atom is 0.272 e. The Balaban J connectivity index is 1.49. The summed E-state index contributed by atoms with van der Waals surface area (Å²) in [6.07, 6.45) is 2.92. The fourth-order valence-corrected chi connectivity index (χ4v) is 3.49. The average molecular weight is 417 g/mol. The molecule has 0 atom stereocenters. The van der Waals surface area contributed by atoms with E-state index in [1.165, 1.54) is 29.8 Å². The first-order valence-electron chi connectivity index (χ1n) is 8.91. The zero-order valence-corrected chi connectivity index (χ0v) is 16.6. The van der Waals surface area contributed by atoms with E-state index in [0.29, 0.717) is 33.3 Å². The topological polar surface area (TPSA) is 111 Å². The third-order valence-corrected chi connectivity index (χ3v) is 5.13. The number of nitro groups is 1. The monoisotopic (exact) mass is 417 g/mol. The molecule has 0 saturated heterocycles. The second-order valence-corrected chi connectivity index (χ2v) is 7.27. The molecule has 30 heavy (non-hydrogen) atoms. The highest BCUT2D eigenvalue weighted by atomic mass is 32.1. The smallest absolute Gasteiger partial charge is 0.272 e. The Morgan fingerprint density at radius 1 is 1.07 bits per heavy atom. The van der Waals surface area contributed by atoms with Crippen LogP contribution in [0.2, 0.25) is 0 Å². The minimum atomic E-state index is -0.424. The second-order valence-electron chi connectivity index (χ2n) is 6.41. The molecule has 2 heterocycles. The van der Waals surface area contributed by atoms with E-state index in [9.17, 15) is 14.9 Å². The highest BCUT2D eigenvalue weighted by Gasteiger charge is 2.15. The molecule has 0 aliphatic heterocycles. The standard InChI is InChI=1S/C21H15N5O3S/c1-13-7-8-15(9-18(13)26(28)29)17-12-30-21(24-17)25-20(27)16-10-22-19(23-11-16)14-5-3-2-4-6-14/h2-12H,1H3,(H,24,25,27). The minimum absolute atomic E-state index is 0.0294. The zero-order chi connectivity index (χ0) is 21.1. The van der Waals surface area contributed by atoms with Crippen molar-refractivity contribution < 1.29 is 9.72 Å². The van der Waals surface area contributed by atoms with E-state index in [1.54, 1.807) is 24.4 Å². The fraction of sp³-hybridized carbons (Fsp3) is 0.0476. The Morgan fingerprint density at radius 3 is 2.50 bits per heavy atom. The first-order valence-corrected chi connectivity index (χ1v) is 9.79. The number of nitro benzene ring substituents is 1. The van der Waals surface area contributed by atoms with Crippen molar-refractivity contribution in [3.05, 3.63) is 87.5 Å². The molecule has 1 amide bonds. The summed E-state index contributed by atoms with van der Waals surface area (Å²) < 4.78 is 0. The lowest BCUT2D eigenvalue weighted by atomic mass is 10.1. The Kier molecular flexibility index (Phi) is 5.27. The number of aromatic nitrogens is 3. The summed E-state index contributed by atoms with van der Waals surface area (Å²) in [7, 11) is 0. The van der Waals surface area contributed by atoms with Crippen molar-refractivity contribution in [2.75, 3.05) is 5.32 Å². The Bertz CT molecular complexity index is 1220. The number of carbonyl (C=O) groups excluding carboxylic acids is 1. The van der Waals surface area contributed by atoms with Crippen molar-refractivity contribution >= 4 is 28.1 Å². The lowest BCUT2D eigenvalue weighted by Gasteiger charge is -2.03. The van der Waals surface area contributed by atoms with Crippen molar-refractivity contribution in [1.29, 1.82) is 0 Å². The van der Waals surface area contributed by atoms with Crippen molar-refractivity contribution in [2.45, 2.75) is 6.92 Å². The quantitative estimate of drug-likeness (QED) is 0.371. The zero-order valence-electron chi connectivity index (χ0n) is 15.8. The molecule has 148 valence electrons. The van der Waals surface area contributed by atoms with Crippen LogP contribution in [0.3, 0.4) is 0 Å². The summed E-state index contributed by atoms with van der Waals surface area (Å²) >= 11 is 1.23. The molecular formula is C21H15N5O3S. The maximum atomic E-state index is 12.5. The summed E-state index contributed by atoms with van der Waals surface area (Å²) in [4.78, 5) is 36.1. The molecule has 1 N–H and O–H groups in total. The fourth-order valence-electron chi connectivity index (χ4n) is 2.78. The predicted molar refractivity (Wildman–Crippen MR) is 114 cm³/mol. The highest BCUT2D eigenvalue weighted by Crippen LogP contribution is 2.29. The van der Waals surface area contributed by atoms with Crippen LogP contribution in [0, 0.1) is 17.0 Å². The highest BCUT2D eigenvalue weighted by molar-refractivity contribution is 7.14. The molecule has 0 spiro atoms. The van der Waals surface area contributed by atoms with E-state index in [0.717, 1.165) is 5.56 Å². The van der Waals surface area contributed by atoms with Crippen molar-refractivity contribution in [3.8, 4) is 22.6 Å². The molecule has 0 aliphatic rings. The molecule has 0 unspecified atom stereocenters. The lowest BCUT2D eigenvalue weighted by Crippen LogP contribution is -2.12. The molecule has 4 aromatic rings. The number of nitrogens with one attached hydrogen (secondary N) is 1. The van der Waals surface area contributed by atoms with Crippen molar-refractivity contribution in [1.82, 2.24) is 15.0 Å². The van der Waals surface area contributed by atoms with Crippen LogP contribution in [0.5, 0.6) is 0 Å². The summed E-state index contributed by atoms with van der Waals surface area (Å²) in [6, 6.07) is 14.4. The summed E-state index contributed by atoms with van der Waals surface area (Å²) in [6.45, 7) is 1.68. The molecule has 0 saturated carbocycles. The van der Waals surface area contributed by atoms with Gasteiger partial charge >= 0.3 is 0 Å². The maximum absolute atomic E-state index is 12.5. The van der Waals surface area contributed by atoms with Gasteiger partial charge in [0, 0.05) is 40.5 Å². The number of hydrogen-bond acceptors (Lipinski definition) is 7. The van der Waals surface area contributed by atoms with Crippen LogP contribution in [0.1, 0.15) is 15.9 Å². The van der Waals surface area contributed by atoms with E-state index >= 15 is 0 Å². The van der Waals surface area contributed by atoms with Crippen LogP contribution in [0.15, 0.2) is 66.3 Å². The average Bonchev–Trinajstić information content (AvgIpc) is 3.23. The number of hydrogen-bond donors (Lipinski definition) is 1. The molecule has 0 aliphatic carbocycles. The molecule has 0 bridgehead atoms. The molecule has 8 nitrogen and oxygen atoms in total. The first-order chi connectivity index (χ1) is 14.5. The molecule has 0 fully saturated rings. The number of rotatable bonds is 5. The third kappa shape index (κ3) is 4.06. The molecule has 4 rings (SSSR count). The largest absolute Gasteiger partial charge is 0.298 e. The van der Waals surface area contributed by atoms with E-state index in [1.807, 2.05) is 30.3 Å². The summed E-state index contributed by atoms with van der Waals surface area (Å²) in [5, 5.41) is 16.0. The molecule has 2 aromatic heterocycles. The normalized spacial score (nSPS) is 10.6. The Morgan fingerprint density at radius 2 is 1.80 bits per heavy atom. The SMILES string of the molecule is Cc1ccc(-c2csc(NC(=O)c3cnc(-c4ccccc4)nc3)n2)cc1[N+](=O)[O-]. The van der Waals surface area contributed by atoms with E-state index < -0.39 is 4.92 Å². The van der Waals surface area contributed by atoms with Gasteiger partial charge in [0.2, 0.25) is 0 Å². The number of benzene rings is 2. The van der Waals surface area contributed by atoms with E-state index in [-0.39, 0.29) is 11.6 Å². The van der Waals surface area contributed by atoms with Crippen molar-refractivity contribution in [3.63, 3.8) is 0 Å². The predicted octanol–water partition coefficient (Wildman–Crippen LogP) is 4.74. The van der Waals surface area contributed by atoms with Gasteiger partial charge < -0.3 is 0 Å². The van der Waals surface area contributed by atoms with Gasteiger partial charge in [-0.05, 0) is 6.92 Å². The molecular weight excluding hydrogens is 402 g/mol. The number of anilines is 1. The van der Waals surface area contributed by atoms with Gasteiger partial charge in [-0.2, -0.15) is 0 Å². The van der Waals surface area contributed by atoms with Gasteiger partial charge in [0.15, 0.2) is 11.0 Å². The molecule has 9 heteroatoms. The number of thiazole rings is 1. The van der Waals surface area contributed by atoms with Gasteiger partial charge in [0.25, 0.3) is 11.6 Å². The second kappa shape index (κ2) is 8.18. The van der Waals surface area contributed by atoms with Crippen LogP contribution >= 0.6 is 11.3 Å². The molecule has 2 aromatic carbocycles. The number of aryl methyl sites for hydroxylation is 1. The number of carbonyl (C=O) groups is 1. The van der Waals surface area contributed by atoms with Gasteiger partial charge in [-0.3, -0.25) is 20.2 Å². The van der Waals surface area contributed by atoms with Gasteiger partial charge in [-0.15, -0.1) is 11.3 Å². The van der Waals surface area contributed by atoms with Crippen LogP contribution in [-0.2, 0) is 0 Å².